The van der Waals surface area contributed by atoms with Gasteiger partial charge < -0.3 is 0 Å². The third-order valence-electron chi connectivity index (χ3n) is 3.87. The minimum Gasteiger partial charge on any atom is -0.143 e. The maximum atomic E-state index is 4.19. The van der Waals surface area contributed by atoms with Crippen molar-refractivity contribution in [3.8, 4) is 0 Å². The van der Waals surface area contributed by atoms with Crippen LogP contribution in [0.1, 0.15) is 82.4 Å². The molecule has 1 rings (SSSR count). The van der Waals surface area contributed by atoms with Gasteiger partial charge in [0.15, 0.2) is 0 Å². The average molecular weight is 337 g/mol. The monoisotopic (exact) mass is 336 g/mol. The Morgan fingerprint density at radius 3 is 2.09 bits per heavy atom. The Morgan fingerprint density at radius 2 is 1.55 bits per heavy atom. The van der Waals surface area contributed by atoms with Crippen molar-refractivity contribution in [2.45, 2.75) is 77.6 Å². The first-order valence-electron chi connectivity index (χ1n) is 8.82. The molecule has 0 aromatic carbocycles. The maximum absolute atomic E-state index is 4.19. The number of allylic oxidation sites excluding steroid dienone is 1. The summed E-state index contributed by atoms with van der Waals surface area (Å²) in [6, 6.07) is 4.21. The van der Waals surface area contributed by atoms with Gasteiger partial charge in [0.1, 0.15) is 0 Å². The molecule has 2 heteroatoms. The highest BCUT2D eigenvalue weighted by atomic mass is 32.2. The zero-order valence-corrected chi connectivity index (χ0v) is 15.9. The van der Waals surface area contributed by atoms with Crippen LogP contribution in [0.4, 0.5) is 0 Å². The highest BCUT2D eigenvalue weighted by Crippen LogP contribution is 2.35. The fourth-order valence-electron chi connectivity index (χ4n) is 2.52. The molecule has 0 nitrogen and oxygen atoms in total. The smallest absolute Gasteiger partial charge is 0.0403 e. The third kappa shape index (κ3) is 9.53. The maximum Gasteiger partial charge on any atom is 0.0403 e. The van der Waals surface area contributed by atoms with E-state index < -0.39 is 0 Å². The van der Waals surface area contributed by atoms with Gasteiger partial charge >= 0.3 is 0 Å². The van der Waals surface area contributed by atoms with E-state index in [1.807, 2.05) is 0 Å². The quantitative estimate of drug-likeness (QED) is 0.308. The second-order valence-corrected chi connectivity index (χ2v) is 8.20. The lowest BCUT2D eigenvalue weighted by atomic mass is 10.1. The second-order valence-electron chi connectivity index (χ2n) is 5.97. The molecule has 0 bridgehead atoms. The van der Waals surface area contributed by atoms with Gasteiger partial charge in [-0.2, -0.15) is 0 Å². The lowest BCUT2D eigenvalue weighted by molar-refractivity contribution is 0.557. The summed E-state index contributed by atoms with van der Waals surface area (Å²) < 4.78 is 0. The fourth-order valence-corrected chi connectivity index (χ4v) is 4.15. The molecule has 1 heterocycles. The standard InChI is InChI=1S/C20H32S2/c1-4-5-6-7-8-9-10-11-12-13-15-18(2)22-19(3)20-16-14-17-21-20/h14,16-17H,2-13,15H2,1H3. The molecule has 0 unspecified atom stereocenters. The predicted octanol–water partition coefficient (Wildman–Crippen LogP) is 8.28. The highest BCUT2D eigenvalue weighted by molar-refractivity contribution is 8.11. The van der Waals surface area contributed by atoms with E-state index in [0.717, 1.165) is 11.3 Å². The van der Waals surface area contributed by atoms with Crippen LogP contribution < -0.4 is 0 Å². The summed E-state index contributed by atoms with van der Waals surface area (Å²) in [6.07, 6.45) is 15.0. The summed E-state index contributed by atoms with van der Waals surface area (Å²) in [7, 11) is 0. The molecular formula is C20H32S2. The van der Waals surface area contributed by atoms with Crippen molar-refractivity contribution in [2.75, 3.05) is 0 Å². The summed E-state index contributed by atoms with van der Waals surface area (Å²) in [5, 5.41) is 2.10. The molecule has 124 valence electrons. The average Bonchev–Trinajstić information content (AvgIpc) is 3.03. The molecule has 0 aliphatic heterocycles. The Labute approximate surface area is 146 Å². The number of hydrogen-bond donors (Lipinski definition) is 0. The molecular weight excluding hydrogens is 304 g/mol. The van der Waals surface area contributed by atoms with Gasteiger partial charge in [-0.25, -0.2) is 0 Å². The zero-order valence-electron chi connectivity index (χ0n) is 14.2. The molecule has 0 amide bonds. The number of thiophene rings is 1. The number of hydrogen-bond acceptors (Lipinski definition) is 2. The number of unbranched alkanes of at least 4 members (excludes halogenated alkanes) is 9. The Hall–Kier alpha value is -0.470. The molecule has 0 saturated carbocycles. The summed E-state index contributed by atoms with van der Waals surface area (Å²) in [4.78, 5) is 3.68. The van der Waals surface area contributed by atoms with Crippen molar-refractivity contribution >= 4 is 28.0 Å². The lowest BCUT2D eigenvalue weighted by Crippen LogP contribution is -1.83. The van der Waals surface area contributed by atoms with Gasteiger partial charge in [-0.05, 0) is 29.2 Å². The van der Waals surface area contributed by atoms with Crippen molar-refractivity contribution in [3.05, 3.63) is 40.5 Å². The molecule has 0 atom stereocenters. The lowest BCUT2D eigenvalue weighted by Gasteiger charge is -2.07. The van der Waals surface area contributed by atoms with Crippen molar-refractivity contribution in [1.29, 1.82) is 0 Å². The van der Waals surface area contributed by atoms with E-state index in [4.69, 9.17) is 0 Å². The van der Waals surface area contributed by atoms with Crippen molar-refractivity contribution < 1.29 is 0 Å². The molecule has 0 saturated heterocycles. The minimum absolute atomic E-state index is 1.13. The summed E-state index contributed by atoms with van der Waals surface area (Å²) in [5.41, 5.74) is 0. The van der Waals surface area contributed by atoms with E-state index >= 15 is 0 Å². The third-order valence-corrected chi connectivity index (χ3v) is 5.89. The largest absolute Gasteiger partial charge is 0.143 e. The van der Waals surface area contributed by atoms with Crippen LogP contribution in [-0.2, 0) is 0 Å². The van der Waals surface area contributed by atoms with E-state index in [-0.39, 0.29) is 0 Å². The van der Waals surface area contributed by atoms with Crippen LogP contribution in [-0.4, -0.2) is 0 Å². The van der Waals surface area contributed by atoms with Crippen LogP contribution in [0.2, 0.25) is 0 Å². The molecule has 22 heavy (non-hydrogen) atoms. The SMILES string of the molecule is C=C(CCCCCCCCCCCC)SC(=C)c1cccs1. The molecule has 1 aromatic rings. The molecule has 0 N–H and O–H groups in total. The van der Waals surface area contributed by atoms with Crippen molar-refractivity contribution in [3.63, 3.8) is 0 Å². The summed E-state index contributed by atoms with van der Waals surface area (Å²) in [6.45, 7) is 10.6. The molecule has 0 radical (unpaired) electrons. The minimum atomic E-state index is 1.13. The molecule has 1 aromatic heterocycles. The molecule has 0 aliphatic carbocycles. The van der Waals surface area contributed by atoms with E-state index in [1.165, 1.54) is 74.0 Å². The first-order chi connectivity index (χ1) is 10.7. The first kappa shape index (κ1) is 19.6. The van der Waals surface area contributed by atoms with Crippen molar-refractivity contribution in [1.82, 2.24) is 0 Å². The Kier molecular flexibility index (Phi) is 11.6. The van der Waals surface area contributed by atoms with Crippen molar-refractivity contribution in [2.24, 2.45) is 0 Å². The van der Waals surface area contributed by atoms with Crippen LogP contribution in [0.5, 0.6) is 0 Å². The van der Waals surface area contributed by atoms with Gasteiger partial charge in [0, 0.05) is 9.78 Å². The Bertz CT molecular complexity index is 403. The zero-order chi connectivity index (χ0) is 16.0. The van der Waals surface area contributed by atoms with Gasteiger partial charge in [0.2, 0.25) is 0 Å². The molecule has 0 fully saturated rings. The summed E-state index contributed by atoms with van der Waals surface area (Å²) >= 11 is 3.51. The van der Waals surface area contributed by atoms with E-state index in [1.54, 1.807) is 23.1 Å². The van der Waals surface area contributed by atoms with Gasteiger partial charge in [-0.3, -0.25) is 0 Å². The van der Waals surface area contributed by atoms with Gasteiger partial charge in [0.05, 0.1) is 0 Å². The van der Waals surface area contributed by atoms with Crippen LogP contribution in [0.25, 0.3) is 4.91 Å². The fraction of sp³-hybridized carbons (Fsp3) is 0.600. The topological polar surface area (TPSA) is 0 Å². The van der Waals surface area contributed by atoms with Crippen LogP contribution in [0.15, 0.2) is 35.6 Å². The van der Waals surface area contributed by atoms with E-state index in [0.29, 0.717) is 0 Å². The Balaban J connectivity index is 1.92. The van der Waals surface area contributed by atoms with Gasteiger partial charge in [-0.15, -0.1) is 11.3 Å². The summed E-state index contributed by atoms with van der Waals surface area (Å²) in [5.74, 6) is 0. The van der Waals surface area contributed by atoms with Gasteiger partial charge in [-0.1, -0.05) is 95.7 Å². The highest BCUT2D eigenvalue weighted by Gasteiger charge is 2.03. The van der Waals surface area contributed by atoms with Crippen LogP contribution in [0.3, 0.4) is 0 Å². The first-order valence-corrected chi connectivity index (χ1v) is 10.5. The van der Waals surface area contributed by atoms with Gasteiger partial charge in [0.25, 0.3) is 0 Å². The Morgan fingerprint density at radius 1 is 0.955 bits per heavy atom. The predicted molar refractivity (Wildman–Crippen MR) is 107 cm³/mol. The second kappa shape index (κ2) is 13.0. The van der Waals surface area contributed by atoms with E-state index in [2.05, 4.69) is 37.6 Å². The number of rotatable bonds is 14. The van der Waals surface area contributed by atoms with E-state index in [9.17, 15) is 0 Å². The molecule has 0 spiro atoms. The van der Waals surface area contributed by atoms with Crippen LogP contribution in [0, 0.1) is 0 Å². The molecule has 0 aliphatic rings. The normalized spacial score (nSPS) is 10.8. The number of thioether (sulfide) groups is 1. The van der Waals surface area contributed by atoms with Crippen LogP contribution >= 0.6 is 23.1 Å².